The Morgan fingerprint density at radius 3 is 2.58 bits per heavy atom. The lowest BCUT2D eigenvalue weighted by molar-refractivity contribution is 0.309. The van der Waals surface area contributed by atoms with Crippen molar-refractivity contribution in [3.63, 3.8) is 0 Å². The molecule has 0 saturated heterocycles. The molecule has 0 fully saturated rings. The lowest BCUT2D eigenvalue weighted by atomic mass is 10.1. The molecular formula is C20H25N3O. The van der Waals surface area contributed by atoms with Gasteiger partial charge in [-0.2, -0.15) is 0 Å². The zero-order valence-electron chi connectivity index (χ0n) is 14.7. The van der Waals surface area contributed by atoms with E-state index in [9.17, 15) is 0 Å². The highest BCUT2D eigenvalue weighted by molar-refractivity contribution is 5.77. The summed E-state index contributed by atoms with van der Waals surface area (Å²) in [6, 6.07) is 12.5. The molecule has 24 heavy (non-hydrogen) atoms. The number of rotatable bonds is 7. The van der Waals surface area contributed by atoms with Gasteiger partial charge in [0.05, 0.1) is 17.8 Å². The van der Waals surface area contributed by atoms with Crippen LogP contribution in [0.4, 0.5) is 0 Å². The molecule has 2 aromatic heterocycles. The van der Waals surface area contributed by atoms with Crippen LogP contribution in [0.2, 0.25) is 0 Å². The molecule has 0 saturated carbocycles. The van der Waals surface area contributed by atoms with Crippen LogP contribution >= 0.6 is 0 Å². The van der Waals surface area contributed by atoms with Crippen molar-refractivity contribution in [2.24, 2.45) is 0 Å². The zero-order chi connectivity index (χ0) is 16.9. The highest BCUT2D eigenvalue weighted by Gasteiger charge is 2.09. The van der Waals surface area contributed by atoms with E-state index in [1.54, 1.807) is 0 Å². The lowest BCUT2D eigenvalue weighted by Gasteiger charge is -2.11. The molecule has 0 bridgehead atoms. The van der Waals surface area contributed by atoms with Gasteiger partial charge in [0.25, 0.3) is 0 Å². The van der Waals surface area contributed by atoms with Crippen LogP contribution < -0.4 is 4.74 Å². The molecule has 0 aliphatic carbocycles. The van der Waals surface area contributed by atoms with Crippen LogP contribution in [0.25, 0.3) is 16.8 Å². The maximum atomic E-state index is 5.74. The number of ether oxygens (including phenoxy) is 1. The molecule has 1 aromatic carbocycles. The van der Waals surface area contributed by atoms with Gasteiger partial charge in [-0.25, -0.2) is 0 Å². The summed E-state index contributed by atoms with van der Waals surface area (Å²) in [4.78, 5) is 6.77. The quantitative estimate of drug-likeness (QED) is 0.609. The van der Waals surface area contributed by atoms with Crippen molar-refractivity contribution >= 4 is 5.52 Å². The monoisotopic (exact) mass is 323 g/mol. The van der Waals surface area contributed by atoms with Gasteiger partial charge in [-0.3, -0.25) is 4.98 Å². The molecule has 0 N–H and O–H groups in total. The maximum Gasteiger partial charge on any atom is 0.119 e. The maximum absolute atomic E-state index is 5.74. The van der Waals surface area contributed by atoms with Crippen LogP contribution in [0, 0.1) is 0 Å². The number of hydrogen-bond acceptors (Lipinski definition) is 3. The molecular weight excluding hydrogens is 298 g/mol. The Morgan fingerprint density at radius 1 is 1.08 bits per heavy atom. The number of fused-ring (bicyclic) bond motifs is 1. The van der Waals surface area contributed by atoms with E-state index in [4.69, 9.17) is 4.74 Å². The van der Waals surface area contributed by atoms with Crippen molar-refractivity contribution in [1.29, 1.82) is 0 Å². The predicted octanol–water partition coefficient (Wildman–Crippen LogP) is 4.24. The summed E-state index contributed by atoms with van der Waals surface area (Å²) >= 11 is 0. The third-order valence-corrected chi connectivity index (χ3v) is 4.04. The molecule has 3 rings (SSSR count). The Hall–Kier alpha value is -2.33. The molecule has 2 heterocycles. The van der Waals surface area contributed by atoms with Crippen LogP contribution in [0.15, 0.2) is 48.8 Å². The van der Waals surface area contributed by atoms with E-state index >= 15 is 0 Å². The molecule has 4 heteroatoms. The average molecular weight is 323 g/mol. The fourth-order valence-electron chi connectivity index (χ4n) is 2.82. The molecule has 0 unspecified atom stereocenters. The van der Waals surface area contributed by atoms with E-state index in [0.717, 1.165) is 48.5 Å². The Bertz CT molecular complexity index is 790. The van der Waals surface area contributed by atoms with Crippen LogP contribution in [-0.4, -0.2) is 35.0 Å². The van der Waals surface area contributed by atoms with Crippen molar-refractivity contribution in [3.05, 3.63) is 54.5 Å². The van der Waals surface area contributed by atoms with E-state index in [-0.39, 0.29) is 0 Å². The van der Waals surface area contributed by atoms with Crippen molar-refractivity contribution in [2.45, 2.75) is 26.3 Å². The minimum Gasteiger partial charge on any atom is -0.494 e. The van der Waals surface area contributed by atoms with Crippen molar-refractivity contribution in [1.82, 2.24) is 14.3 Å². The van der Waals surface area contributed by atoms with Gasteiger partial charge in [0.2, 0.25) is 0 Å². The molecule has 0 spiro atoms. The molecule has 0 atom stereocenters. The topological polar surface area (TPSA) is 29.8 Å². The molecule has 0 aliphatic heterocycles. The first-order valence-corrected chi connectivity index (χ1v) is 8.52. The van der Waals surface area contributed by atoms with Gasteiger partial charge in [-0.15, -0.1) is 0 Å². The van der Waals surface area contributed by atoms with E-state index in [1.165, 1.54) is 5.69 Å². The third kappa shape index (κ3) is 3.60. The number of hydrogen-bond donors (Lipinski definition) is 0. The highest BCUT2D eigenvalue weighted by Crippen LogP contribution is 2.26. The summed E-state index contributed by atoms with van der Waals surface area (Å²) in [5.41, 5.74) is 4.51. The number of nitrogens with zero attached hydrogens (tertiary/aromatic N) is 3. The van der Waals surface area contributed by atoms with E-state index < -0.39 is 0 Å². The molecule has 126 valence electrons. The Morgan fingerprint density at radius 2 is 1.88 bits per heavy atom. The van der Waals surface area contributed by atoms with Crippen LogP contribution in [0.3, 0.4) is 0 Å². The second kappa shape index (κ2) is 7.49. The summed E-state index contributed by atoms with van der Waals surface area (Å²) < 4.78 is 7.96. The summed E-state index contributed by atoms with van der Waals surface area (Å²) in [7, 11) is 4.16. The Labute approximate surface area is 143 Å². The smallest absolute Gasteiger partial charge is 0.119 e. The fourth-order valence-corrected chi connectivity index (χ4v) is 2.82. The first-order chi connectivity index (χ1) is 11.7. The first kappa shape index (κ1) is 16.5. The summed E-state index contributed by atoms with van der Waals surface area (Å²) in [6.07, 6.45) is 6.13. The number of benzene rings is 1. The summed E-state index contributed by atoms with van der Waals surface area (Å²) in [6.45, 7) is 3.85. The predicted molar refractivity (Wildman–Crippen MR) is 98.4 cm³/mol. The van der Waals surface area contributed by atoms with Gasteiger partial charge in [0.15, 0.2) is 0 Å². The zero-order valence-corrected chi connectivity index (χ0v) is 14.7. The fraction of sp³-hybridized carbons (Fsp3) is 0.350. The van der Waals surface area contributed by atoms with Crippen LogP contribution in [0.5, 0.6) is 5.75 Å². The number of aromatic nitrogens is 2. The summed E-state index contributed by atoms with van der Waals surface area (Å²) in [5, 5.41) is 0. The molecule has 0 amide bonds. The lowest BCUT2D eigenvalue weighted by Crippen LogP contribution is -2.12. The minimum atomic E-state index is 0.774. The van der Waals surface area contributed by atoms with Crippen molar-refractivity contribution in [2.75, 3.05) is 20.7 Å². The van der Waals surface area contributed by atoms with E-state index in [0.29, 0.717) is 0 Å². The van der Waals surface area contributed by atoms with Crippen LogP contribution in [0.1, 0.15) is 25.5 Å². The van der Waals surface area contributed by atoms with Crippen molar-refractivity contribution < 1.29 is 4.74 Å². The number of unbranched alkanes of at least 4 members (excludes halogenated alkanes) is 1. The first-order valence-electron chi connectivity index (χ1n) is 8.52. The second-order valence-electron chi connectivity index (χ2n) is 6.32. The van der Waals surface area contributed by atoms with Gasteiger partial charge in [0.1, 0.15) is 5.75 Å². The minimum absolute atomic E-state index is 0.774. The van der Waals surface area contributed by atoms with Crippen LogP contribution in [-0.2, 0) is 6.54 Å². The molecule has 0 aliphatic rings. The van der Waals surface area contributed by atoms with Crippen molar-refractivity contribution in [3.8, 4) is 17.0 Å². The molecule has 4 nitrogen and oxygen atoms in total. The normalized spacial score (nSPS) is 11.3. The SMILES string of the molecule is CCCCOc1ccc(-c2nccn3c(CN(C)C)ccc23)cc1. The van der Waals surface area contributed by atoms with Gasteiger partial charge < -0.3 is 14.0 Å². The Balaban J connectivity index is 1.87. The van der Waals surface area contributed by atoms with E-state index in [1.807, 2.05) is 24.5 Å². The van der Waals surface area contributed by atoms with Gasteiger partial charge >= 0.3 is 0 Å². The molecule has 3 aromatic rings. The summed E-state index contributed by atoms with van der Waals surface area (Å²) in [5.74, 6) is 0.919. The highest BCUT2D eigenvalue weighted by atomic mass is 16.5. The Kier molecular flexibility index (Phi) is 5.16. The van der Waals surface area contributed by atoms with E-state index in [2.05, 4.69) is 59.6 Å². The standard InChI is InChI=1S/C20H25N3O/c1-4-5-14-24-18-9-6-16(7-10-18)20-19-11-8-17(15-22(2)3)23(19)13-12-21-20/h6-13H,4-5,14-15H2,1-3H3. The molecule has 0 radical (unpaired) electrons. The average Bonchev–Trinajstić information content (AvgIpc) is 2.98. The third-order valence-electron chi connectivity index (χ3n) is 4.04. The van der Waals surface area contributed by atoms with Gasteiger partial charge in [-0.1, -0.05) is 13.3 Å². The second-order valence-corrected chi connectivity index (χ2v) is 6.32. The largest absolute Gasteiger partial charge is 0.494 e. The van der Waals surface area contributed by atoms with Gasteiger partial charge in [-0.05, 0) is 56.9 Å². The van der Waals surface area contributed by atoms with Gasteiger partial charge in [0, 0.05) is 30.2 Å².